The zero-order valence-corrected chi connectivity index (χ0v) is 15.6. The highest BCUT2D eigenvalue weighted by atomic mass is 35.5. The second-order valence-electron chi connectivity index (χ2n) is 6.33. The van der Waals surface area contributed by atoms with Gasteiger partial charge in [-0.1, -0.05) is 29.8 Å². The molecule has 0 atom stereocenters. The molecule has 1 heterocycles. The summed E-state index contributed by atoms with van der Waals surface area (Å²) < 4.78 is 30.8. The molecule has 1 N–H and O–H groups in total. The minimum Gasteiger partial charge on any atom is -0.346 e. The molecule has 27 heavy (non-hydrogen) atoms. The zero-order valence-electron chi connectivity index (χ0n) is 14.8. The number of rotatable bonds is 5. The highest BCUT2D eigenvalue weighted by Gasteiger charge is 2.34. The Balaban J connectivity index is 1.76. The molecule has 0 unspecified atom stereocenters. The SMILES string of the molecule is Cc1cnn(-c2ccc(C(F)(F)CNC(=O)c3ccccc3C)c(Cl)c2)c1. The van der Waals surface area contributed by atoms with Crippen LogP contribution in [0.1, 0.15) is 27.0 Å². The summed E-state index contributed by atoms with van der Waals surface area (Å²) in [7, 11) is 0. The van der Waals surface area contributed by atoms with Gasteiger partial charge in [0.05, 0.1) is 23.5 Å². The van der Waals surface area contributed by atoms with Crippen LogP contribution in [0.15, 0.2) is 54.9 Å². The van der Waals surface area contributed by atoms with E-state index in [-0.39, 0.29) is 10.6 Å². The molecule has 0 aliphatic carbocycles. The Hall–Kier alpha value is -2.73. The molecular weight excluding hydrogens is 372 g/mol. The first-order valence-electron chi connectivity index (χ1n) is 8.31. The Morgan fingerprint density at radius 1 is 1.22 bits per heavy atom. The average molecular weight is 390 g/mol. The van der Waals surface area contributed by atoms with Crippen molar-refractivity contribution in [2.75, 3.05) is 6.54 Å². The highest BCUT2D eigenvalue weighted by Crippen LogP contribution is 2.34. The largest absolute Gasteiger partial charge is 0.346 e. The molecule has 0 saturated carbocycles. The number of amides is 1. The summed E-state index contributed by atoms with van der Waals surface area (Å²) in [5, 5.41) is 6.34. The van der Waals surface area contributed by atoms with Gasteiger partial charge in [0.15, 0.2) is 0 Å². The van der Waals surface area contributed by atoms with Crippen molar-refractivity contribution < 1.29 is 13.6 Å². The third-order valence-corrected chi connectivity index (χ3v) is 4.50. The molecular formula is C20H18ClF2N3O. The van der Waals surface area contributed by atoms with E-state index in [1.165, 1.54) is 18.2 Å². The normalized spacial score (nSPS) is 11.4. The van der Waals surface area contributed by atoms with Gasteiger partial charge >= 0.3 is 0 Å². The van der Waals surface area contributed by atoms with Gasteiger partial charge in [-0.3, -0.25) is 4.79 Å². The van der Waals surface area contributed by atoms with Crippen LogP contribution in [0.2, 0.25) is 5.02 Å². The Kier molecular flexibility index (Phi) is 5.28. The summed E-state index contributed by atoms with van der Waals surface area (Å²) in [5.74, 6) is -3.86. The van der Waals surface area contributed by atoms with E-state index in [0.717, 1.165) is 11.1 Å². The van der Waals surface area contributed by atoms with Gasteiger partial charge in [-0.25, -0.2) is 4.68 Å². The van der Waals surface area contributed by atoms with Gasteiger partial charge in [-0.05, 0) is 49.2 Å². The van der Waals surface area contributed by atoms with Crippen molar-refractivity contribution in [2.24, 2.45) is 0 Å². The molecule has 0 bridgehead atoms. The molecule has 1 amide bonds. The topological polar surface area (TPSA) is 46.9 Å². The monoisotopic (exact) mass is 389 g/mol. The minimum atomic E-state index is -3.31. The number of aromatic nitrogens is 2. The molecule has 3 rings (SSSR count). The fraction of sp³-hybridized carbons (Fsp3) is 0.200. The lowest BCUT2D eigenvalue weighted by atomic mass is 10.1. The molecule has 2 aromatic carbocycles. The van der Waals surface area contributed by atoms with Crippen molar-refractivity contribution in [3.8, 4) is 5.69 Å². The van der Waals surface area contributed by atoms with Crippen molar-refractivity contribution in [1.29, 1.82) is 0 Å². The van der Waals surface area contributed by atoms with Crippen LogP contribution in [-0.4, -0.2) is 22.2 Å². The Morgan fingerprint density at radius 3 is 2.59 bits per heavy atom. The van der Waals surface area contributed by atoms with Gasteiger partial charge in [0.1, 0.15) is 0 Å². The first kappa shape index (κ1) is 19.0. The van der Waals surface area contributed by atoms with Gasteiger partial charge in [0.25, 0.3) is 11.8 Å². The third-order valence-electron chi connectivity index (χ3n) is 4.18. The van der Waals surface area contributed by atoms with Gasteiger partial charge in [0.2, 0.25) is 0 Å². The van der Waals surface area contributed by atoms with Gasteiger partial charge in [0, 0.05) is 17.3 Å². The van der Waals surface area contributed by atoms with Crippen molar-refractivity contribution in [3.63, 3.8) is 0 Å². The molecule has 0 radical (unpaired) electrons. The lowest BCUT2D eigenvalue weighted by Gasteiger charge is -2.19. The van der Waals surface area contributed by atoms with Crippen LogP contribution in [-0.2, 0) is 5.92 Å². The predicted molar refractivity (Wildman–Crippen MR) is 101 cm³/mol. The highest BCUT2D eigenvalue weighted by molar-refractivity contribution is 6.31. The minimum absolute atomic E-state index is 0.0872. The number of nitrogens with one attached hydrogen (secondary N) is 1. The molecule has 7 heteroatoms. The molecule has 0 aliphatic heterocycles. The first-order chi connectivity index (χ1) is 12.8. The predicted octanol–water partition coefficient (Wildman–Crippen LogP) is 4.66. The standard InChI is InChI=1S/C20H18ClF2N3O/c1-13-10-25-26(11-13)15-7-8-17(18(21)9-15)20(22,23)12-24-19(27)16-6-4-3-5-14(16)2/h3-11H,12H2,1-2H3,(H,24,27). The van der Waals surface area contributed by atoms with Crippen LogP contribution in [0.4, 0.5) is 8.78 Å². The smallest absolute Gasteiger partial charge is 0.291 e. The van der Waals surface area contributed by atoms with E-state index < -0.39 is 18.4 Å². The van der Waals surface area contributed by atoms with E-state index in [4.69, 9.17) is 11.6 Å². The summed E-state index contributed by atoms with van der Waals surface area (Å²) in [4.78, 5) is 12.2. The van der Waals surface area contributed by atoms with Crippen LogP contribution >= 0.6 is 11.6 Å². The molecule has 1 aromatic heterocycles. The molecule has 0 saturated heterocycles. The molecule has 3 aromatic rings. The Labute approximate surface area is 160 Å². The summed E-state index contributed by atoms with van der Waals surface area (Å²) in [6.07, 6.45) is 3.43. The second-order valence-corrected chi connectivity index (χ2v) is 6.74. The van der Waals surface area contributed by atoms with Crippen LogP contribution in [0.5, 0.6) is 0 Å². The third kappa shape index (κ3) is 4.17. The summed E-state index contributed by atoms with van der Waals surface area (Å²) in [6.45, 7) is 2.78. The average Bonchev–Trinajstić information content (AvgIpc) is 3.06. The molecule has 0 aliphatic rings. The number of aryl methyl sites for hydroxylation is 2. The molecule has 140 valence electrons. The summed E-state index contributed by atoms with van der Waals surface area (Å²) in [5.41, 5.74) is 2.26. The van der Waals surface area contributed by atoms with E-state index in [1.54, 1.807) is 48.3 Å². The van der Waals surface area contributed by atoms with Gasteiger partial charge in [-0.15, -0.1) is 0 Å². The Morgan fingerprint density at radius 2 is 1.96 bits per heavy atom. The maximum Gasteiger partial charge on any atom is 0.291 e. The van der Waals surface area contributed by atoms with E-state index >= 15 is 0 Å². The van der Waals surface area contributed by atoms with Crippen molar-refractivity contribution >= 4 is 17.5 Å². The second kappa shape index (κ2) is 7.48. The molecule has 4 nitrogen and oxygen atoms in total. The number of carbonyl (C=O) groups is 1. The summed E-state index contributed by atoms with van der Waals surface area (Å²) in [6, 6.07) is 11.0. The zero-order chi connectivity index (χ0) is 19.6. The number of alkyl halides is 2. The quantitative estimate of drug-likeness (QED) is 0.689. The van der Waals surface area contributed by atoms with Crippen LogP contribution < -0.4 is 5.32 Å². The molecule has 0 spiro atoms. The number of nitrogens with zero attached hydrogens (tertiary/aromatic N) is 2. The van der Waals surface area contributed by atoms with Crippen molar-refractivity contribution in [3.05, 3.63) is 82.1 Å². The summed E-state index contributed by atoms with van der Waals surface area (Å²) >= 11 is 6.09. The van der Waals surface area contributed by atoms with Crippen LogP contribution in [0.3, 0.4) is 0 Å². The van der Waals surface area contributed by atoms with E-state index in [0.29, 0.717) is 11.3 Å². The van der Waals surface area contributed by atoms with Crippen molar-refractivity contribution in [1.82, 2.24) is 15.1 Å². The van der Waals surface area contributed by atoms with Crippen LogP contribution in [0.25, 0.3) is 5.69 Å². The first-order valence-corrected chi connectivity index (χ1v) is 8.69. The fourth-order valence-corrected chi connectivity index (χ4v) is 3.02. The lowest BCUT2D eigenvalue weighted by molar-refractivity contribution is -0.00237. The van der Waals surface area contributed by atoms with Crippen LogP contribution in [0, 0.1) is 13.8 Å². The van der Waals surface area contributed by atoms with E-state index in [2.05, 4.69) is 10.4 Å². The van der Waals surface area contributed by atoms with Gasteiger partial charge in [-0.2, -0.15) is 13.9 Å². The number of halogens is 3. The van der Waals surface area contributed by atoms with Gasteiger partial charge < -0.3 is 5.32 Å². The lowest BCUT2D eigenvalue weighted by Crippen LogP contribution is -2.35. The number of hydrogen-bond acceptors (Lipinski definition) is 2. The van der Waals surface area contributed by atoms with E-state index in [9.17, 15) is 13.6 Å². The Bertz CT molecular complexity index is 985. The molecule has 0 fully saturated rings. The number of hydrogen-bond donors (Lipinski definition) is 1. The number of benzene rings is 2. The van der Waals surface area contributed by atoms with Crippen molar-refractivity contribution in [2.45, 2.75) is 19.8 Å². The van der Waals surface area contributed by atoms with E-state index in [1.807, 2.05) is 6.92 Å². The number of carbonyl (C=O) groups excluding carboxylic acids is 1. The maximum atomic E-state index is 14.6. The maximum absolute atomic E-state index is 14.6. The fourth-order valence-electron chi connectivity index (χ4n) is 2.71.